The van der Waals surface area contributed by atoms with Crippen molar-refractivity contribution >= 4 is 60.7 Å². The van der Waals surface area contributed by atoms with Crippen LogP contribution in [-0.4, -0.2) is 9.13 Å². The van der Waals surface area contributed by atoms with Crippen LogP contribution < -0.4 is 4.90 Å². The van der Waals surface area contributed by atoms with E-state index >= 15 is 0 Å². The number of rotatable bonds is 5. The van der Waals surface area contributed by atoms with Crippen LogP contribution >= 0.6 is 0 Å². The van der Waals surface area contributed by atoms with E-state index in [1.54, 1.807) is 0 Å². The second-order valence-electron chi connectivity index (χ2n) is 15.0. The molecule has 10 aromatic rings. The second kappa shape index (κ2) is 11.6. The summed E-state index contributed by atoms with van der Waals surface area (Å²) < 4.78 is 4.90. The molecule has 8 aromatic carbocycles. The van der Waals surface area contributed by atoms with Crippen LogP contribution in [0.5, 0.6) is 0 Å². The quantitative estimate of drug-likeness (QED) is 0.175. The average Bonchev–Trinajstić information content (AvgIpc) is 3.81. The van der Waals surface area contributed by atoms with Crippen LogP contribution in [0.25, 0.3) is 66.1 Å². The molecule has 0 saturated heterocycles. The Hall–Kier alpha value is -6.84. The Kier molecular flexibility index (Phi) is 6.60. The molecule has 0 aliphatic heterocycles. The SMILES string of the molecule is CC1(C)c2ccccc2-c2cc3c(cc21)c1ccccc1n3-c1ccc2c(c1)c1ccccc1n2-c1cccc(N(c2ccccc2)c2ccccc2)c1. The Labute approximate surface area is 314 Å². The molecule has 1 aliphatic rings. The largest absolute Gasteiger partial charge is 0.310 e. The van der Waals surface area contributed by atoms with Crippen molar-refractivity contribution in [1.82, 2.24) is 9.13 Å². The van der Waals surface area contributed by atoms with Gasteiger partial charge in [-0.05, 0) is 107 Å². The van der Waals surface area contributed by atoms with Gasteiger partial charge in [-0.15, -0.1) is 0 Å². The van der Waals surface area contributed by atoms with Gasteiger partial charge in [-0.3, -0.25) is 0 Å². The summed E-state index contributed by atoms with van der Waals surface area (Å²) in [5.74, 6) is 0. The lowest BCUT2D eigenvalue weighted by atomic mass is 9.82. The summed E-state index contributed by atoms with van der Waals surface area (Å²) in [4.78, 5) is 2.33. The normalized spacial score (nSPS) is 13.1. The first-order valence-electron chi connectivity index (χ1n) is 18.8. The van der Waals surface area contributed by atoms with E-state index < -0.39 is 0 Å². The van der Waals surface area contributed by atoms with Gasteiger partial charge in [0.05, 0.1) is 22.1 Å². The van der Waals surface area contributed by atoms with Crippen molar-refractivity contribution in [3.8, 4) is 22.5 Å². The van der Waals surface area contributed by atoms with Gasteiger partial charge in [0, 0.05) is 55.4 Å². The summed E-state index contributed by atoms with van der Waals surface area (Å²) in [7, 11) is 0. The van der Waals surface area contributed by atoms with Gasteiger partial charge in [0.2, 0.25) is 0 Å². The third kappa shape index (κ3) is 4.42. The van der Waals surface area contributed by atoms with E-state index in [0.717, 1.165) is 28.4 Å². The van der Waals surface area contributed by atoms with Crippen molar-refractivity contribution in [2.75, 3.05) is 4.90 Å². The van der Waals surface area contributed by atoms with Crippen LogP contribution in [0.2, 0.25) is 0 Å². The Morgan fingerprint density at radius 1 is 0.352 bits per heavy atom. The molecule has 256 valence electrons. The van der Waals surface area contributed by atoms with Gasteiger partial charge in [0.25, 0.3) is 0 Å². The van der Waals surface area contributed by atoms with E-state index in [0.29, 0.717) is 0 Å². The number of nitrogens with zero attached hydrogens (tertiary/aromatic N) is 3. The maximum Gasteiger partial charge on any atom is 0.0547 e. The maximum atomic E-state index is 2.47. The molecule has 0 N–H and O–H groups in total. The number of fused-ring (bicyclic) bond motifs is 9. The van der Waals surface area contributed by atoms with Crippen LogP contribution in [0.15, 0.2) is 188 Å². The van der Waals surface area contributed by atoms with Crippen molar-refractivity contribution < 1.29 is 0 Å². The maximum absolute atomic E-state index is 2.47. The molecule has 2 aromatic heterocycles. The fourth-order valence-electron chi connectivity index (χ4n) is 9.19. The first kappa shape index (κ1) is 30.8. The predicted octanol–water partition coefficient (Wildman–Crippen LogP) is 13.7. The highest BCUT2D eigenvalue weighted by Gasteiger charge is 2.36. The summed E-state index contributed by atoms with van der Waals surface area (Å²) in [5.41, 5.74) is 15.9. The van der Waals surface area contributed by atoms with Crippen molar-refractivity contribution in [2.24, 2.45) is 0 Å². The van der Waals surface area contributed by atoms with Gasteiger partial charge in [-0.2, -0.15) is 0 Å². The third-order valence-electron chi connectivity index (χ3n) is 11.7. The van der Waals surface area contributed by atoms with Gasteiger partial charge in [0.1, 0.15) is 0 Å². The highest BCUT2D eigenvalue weighted by atomic mass is 15.1. The molecular formula is C51H37N3. The van der Waals surface area contributed by atoms with Crippen LogP contribution in [0.1, 0.15) is 25.0 Å². The molecule has 0 radical (unpaired) electrons. The van der Waals surface area contributed by atoms with Gasteiger partial charge in [0.15, 0.2) is 0 Å². The van der Waals surface area contributed by atoms with Crippen LogP contribution in [-0.2, 0) is 5.41 Å². The van der Waals surface area contributed by atoms with Gasteiger partial charge in [-0.25, -0.2) is 0 Å². The summed E-state index contributed by atoms with van der Waals surface area (Å²) in [6, 6.07) is 68.7. The number of hydrogen-bond donors (Lipinski definition) is 0. The number of para-hydroxylation sites is 4. The molecule has 54 heavy (non-hydrogen) atoms. The van der Waals surface area contributed by atoms with Crippen LogP contribution in [0.4, 0.5) is 17.1 Å². The Bertz CT molecular complexity index is 3030. The highest BCUT2D eigenvalue weighted by molar-refractivity contribution is 6.13. The van der Waals surface area contributed by atoms with E-state index in [4.69, 9.17) is 0 Å². The molecule has 1 aliphatic carbocycles. The molecule has 2 heterocycles. The van der Waals surface area contributed by atoms with Crippen molar-refractivity contribution in [2.45, 2.75) is 19.3 Å². The Morgan fingerprint density at radius 2 is 0.889 bits per heavy atom. The zero-order valence-corrected chi connectivity index (χ0v) is 30.2. The zero-order valence-electron chi connectivity index (χ0n) is 30.2. The molecule has 3 nitrogen and oxygen atoms in total. The standard InChI is InChI=1S/C51H37N3/c1-51(2)45-25-12-9-22-39(45)42-33-50-44(32-46(42)51)41-24-11-14-27-48(41)54(50)38-28-29-49-43(31-38)40-23-10-13-26-47(40)53(49)37-21-15-20-36(30-37)52(34-16-5-3-6-17-34)35-18-7-4-8-19-35/h3-33H,1-2H3. The molecule has 11 rings (SSSR count). The molecule has 0 amide bonds. The monoisotopic (exact) mass is 691 g/mol. The van der Waals surface area contributed by atoms with E-state index in [-0.39, 0.29) is 5.41 Å². The second-order valence-corrected chi connectivity index (χ2v) is 15.0. The first-order valence-corrected chi connectivity index (χ1v) is 18.8. The van der Waals surface area contributed by atoms with Gasteiger partial charge >= 0.3 is 0 Å². The van der Waals surface area contributed by atoms with Crippen LogP contribution in [0.3, 0.4) is 0 Å². The molecule has 0 spiro atoms. The Morgan fingerprint density at radius 3 is 1.59 bits per heavy atom. The molecule has 0 atom stereocenters. The van der Waals surface area contributed by atoms with Crippen molar-refractivity contribution in [3.05, 3.63) is 199 Å². The molecular weight excluding hydrogens is 655 g/mol. The fourth-order valence-corrected chi connectivity index (χ4v) is 9.19. The van der Waals surface area contributed by atoms with Crippen LogP contribution in [0, 0.1) is 0 Å². The summed E-state index contributed by atoms with van der Waals surface area (Å²) in [6.07, 6.45) is 0. The minimum atomic E-state index is -0.0550. The fraction of sp³-hybridized carbons (Fsp3) is 0.0588. The molecule has 0 bridgehead atoms. The van der Waals surface area contributed by atoms with E-state index in [1.807, 2.05) is 0 Å². The zero-order chi connectivity index (χ0) is 36.0. The average molecular weight is 692 g/mol. The van der Waals surface area contributed by atoms with E-state index in [1.165, 1.54) is 65.9 Å². The third-order valence-corrected chi connectivity index (χ3v) is 11.7. The lowest BCUT2D eigenvalue weighted by molar-refractivity contribution is 0.661. The van der Waals surface area contributed by atoms with Gasteiger partial charge < -0.3 is 14.0 Å². The van der Waals surface area contributed by atoms with E-state index in [9.17, 15) is 0 Å². The van der Waals surface area contributed by atoms with Crippen molar-refractivity contribution in [3.63, 3.8) is 0 Å². The summed E-state index contributed by atoms with van der Waals surface area (Å²) >= 11 is 0. The number of aromatic nitrogens is 2. The first-order chi connectivity index (χ1) is 26.6. The predicted molar refractivity (Wildman–Crippen MR) is 227 cm³/mol. The minimum absolute atomic E-state index is 0.0550. The smallest absolute Gasteiger partial charge is 0.0547 e. The minimum Gasteiger partial charge on any atom is -0.310 e. The molecule has 0 unspecified atom stereocenters. The number of anilines is 3. The summed E-state index contributed by atoms with van der Waals surface area (Å²) in [6.45, 7) is 4.73. The number of benzene rings is 8. The number of hydrogen-bond acceptors (Lipinski definition) is 1. The summed E-state index contributed by atoms with van der Waals surface area (Å²) in [5, 5.41) is 5.05. The molecule has 0 fully saturated rings. The lowest BCUT2D eigenvalue weighted by Gasteiger charge is -2.26. The highest BCUT2D eigenvalue weighted by Crippen LogP contribution is 2.51. The topological polar surface area (TPSA) is 13.1 Å². The van der Waals surface area contributed by atoms with Gasteiger partial charge in [-0.1, -0.05) is 117 Å². The lowest BCUT2D eigenvalue weighted by Crippen LogP contribution is -2.14. The van der Waals surface area contributed by atoms with E-state index in [2.05, 4.69) is 216 Å². The molecule has 3 heteroatoms. The van der Waals surface area contributed by atoms with Crippen molar-refractivity contribution in [1.29, 1.82) is 0 Å². The Balaban J connectivity index is 1.12. The molecule has 0 saturated carbocycles.